The van der Waals surface area contributed by atoms with Crippen LogP contribution < -0.4 is 4.90 Å². The molecule has 0 bridgehead atoms. The maximum absolute atomic E-state index is 13.3. The van der Waals surface area contributed by atoms with Gasteiger partial charge in [0.25, 0.3) is 5.91 Å². The second-order valence-electron chi connectivity index (χ2n) is 6.96. The van der Waals surface area contributed by atoms with Crippen LogP contribution in [0.2, 0.25) is 0 Å². The molecule has 6 heteroatoms. The van der Waals surface area contributed by atoms with E-state index in [9.17, 15) is 18.8 Å². The van der Waals surface area contributed by atoms with Crippen LogP contribution in [0.4, 0.5) is 10.1 Å². The summed E-state index contributed by atoms with van der Waals surface area (Å²) in [5.41, 5.74) is 2.42. The number of hydrogen-bond acceptors (Lipinski definition) is 3. The van der Waals surface area contributed by atoms with Crippen molar-refractivity contribution in [2.75, 3.05) is 10.7 Å². The number of aromatic hydroxyl groups is 1. The van der Waals surface area contributed by atoms with E-state index >= 15 is 0 Å². The molecule has 1 aliphatic rings. The second-order valence-corrected chi connectivity index (χ2v) is 8.64. The SMILES string of the molecule is O=C1[C@H]([S+]([O-])CCc2ccccc2)[C@H](c2ccc(O)cc2)N1c1ccc(F)cc1. The Balaban J connectivity index is 1.59. The molecule has 1 saturated heterocycles. The number of nitrogens with zero attached hydrogens (tertiary/aromatic N) is 1. The van der Waals surface area contributed by atoms with Gasteiger partial charge in [-0.3, -0.25) is 9.69 Å². The first-order chi connectivity index (χ1) is 14.0. The van der Waals surface area contributed by atoms with Gasteiger partial charge in [0.15, 0.2) is 0 Å². The van der Waals surface area contributed by atoms with Crippen LogP contribution in [0.5, 0.6) is 5.75 Å². The molecular weight excluding hydrogens is 389 g/mol. The molecule has 4 rings (SSSR count). The Labute approximate surface area is 171 Å². The zero-order valence-electron chi connectivity index (χ0n) is 15.6. The van der Waals surface area contributed by atoms with Crippen molar-refractivity contribution in [1.29, 1.82) is 0 Å². The highest BCUT2D eigenvalue weighted by atomic mass is 32.2. The molecule has 29 heavy (non-hydrogen) atoms. The van der Waals surface area contributed by atoms with Crippen molar-refractivity contribution in [2.45, 2.75) is 17.7 Å². The molecule has 3 aromatic carbocycles. The summed E-state index contributed by atoms with van der Waals surface area (Å²) >= 11 is -1.37. The number of anilines is 1. The summed E-state index contributed by atoms with van der Waals surface area (Å²) < 4.78 is 26.4. The number of hydrogen-bond donors (Lipinski definition) is 1. The van der Waals surface area contributed by atoms with Crippen LogP contribution in [0.15, 0.2) is 78.9 Å². The smallest absolute Gasteiger partial charge is 0.283 e. The Hall–Kier alpha value is -2.83. The molecule has 1 unspecified atom stereocenters. The minimum atomic E-state index is -1.37. The molecule has 0 spiro atoms. The number of aryl methyl sites for hydroxylation is 1. The number of carbonyl (C=O) groups excluding carboxylic acids is 1. The first-order valence-electron chi connectivity index (χ1n) is 9.33. The minimum absolute atomic E-state index is 0.120. The molecule has 0 aromatic heterocycles. The van der Waals surface area contributed by atoms with Gasteiger partial charge in [0.1, 0.15) is 23.4 Å². The number of halogens is 1. The third-order valence-electron chi connectivity index (χ3n) is 5.10. The zero-order chi connectivity index (χ0) is 20.4. The van der Waals surface area contributed by atoms with Gasteiger partial charge in [-0.05, 0) is 58.7 Å². The summed E-state index contributed by atoms with van der Waals surface area (Å²) in [5, 5.41) is 8.92. The molecule has 3 aromatic rings. The fraction of sp³-hybridized carbons (Fsp3) is 0.174. The molecule has 0 aliphatic carbocycles. The number of β-lactam (4-membered cyclic amide) rings is 1. The lowest BCUT2D eigenvalue weighted by Gasteiger charge is -2.46. The lowest BCUT2D eigenvalue weighted by molar-refractivity contribution is -0.123. The standard InChI is InChI=1S/C23H20FNO3S/c24-18-8-10-19(11-9-18)25-21(17-6-12-20(26)13-7-17)22(23(25)27)29(28)15-14-16-4-2-1-3-5-16/h1-13,21-22,26H,14-15H2/t21-,22+,29?/m0/s1. The van der Waals surface area contributed by atoms with Gasteiger partial charge in [-0.1, -0.05) is 42.5 Å². The molecule has 1 N–H and O–H groups in total. The fourth-order valence-corrected chi connectivity index (χ4v) is 5.19. The van der Waals surface area contributed by atoms with Gasteiger partial charge < -0.3 is 9.66 Å². The molecule has 1 heterocycles. The van der Waals surface area contributed by atoms with Gasteiger partial charge in [0, 0.05) is 12.1 Å². The second kappa shape index (κ2) is 8.27. The normalized spacial score (nSPS) is 19.7. The van der Waals surface area contributed by atoms with E-state index in [1.165, 1.54) is 12.1 Å². The Morgan fingerprint density at radius 2 is 1.62 bits per heavy atom. The first-order valence-corrected chi connectivity index (χ1v) is 10.7. The van der Waals surface area contributed by atoms with Crippen molar-refractivity contribution >= 4 is 22.8 Å². The summed E-state index contributed by atoms with van der Waals surface area (Å²) in [5.74, 6) is -0.117. The molecule has 3 atom stereocenters. The highest BCUT2D eigenvalue weighted by Gasteiger charge is 2.56. The van der Waals surface area contributed by atoms with Crippen molar-refractivity contribution in [1.82, 2.24) is 0 Å². The van der Waals surface area contributed by atoms with Crippen LogP contribution >= 0.6 is 0 Å². The maximum atomic E-state index is 13.3. The number of rotatable bonds is 6. The largest absolute Gasteiger partial charge is 0.616 e. The average molecular weight is 409 g/mol. The molecule has 148 valence electrons. The fourth-order valence-electron chi connectivity index (χ4n) is 3.59. The molecule has 0 radical (unpaired) electrons. The van der Waals surface area contributed by atoms with Gasteiger partial charge in [0.2, 0.25) is 5.25 Å². The third kappa shape index (κ3) is 3.99. The van der Waals surface area contributed by atoms with Crippen molar-refractivity contribution in [3.8, 4) is 5.75 Å². The van der Waals surface area contributed by atoms with E-state index in [0.29, 0.717) is 17.9 Å². The van der Waals surface area contributed by atoms with E-state index in [0.717, 1.165) is 11.1 Å². The lowest BCUT2D eigenvalue weighted by Crippen LogP contribution is -2.62. The summed E-state index contributed by atoms with van der Waals surface area (Å²) in [4.78, 5) is 14.5. The number of benzene rings is 3. The first kappa shape index (κ1) is 19.5. The van der Waals surface area contributed by atoms with Crippen molar-refractivity contribution in [3.63, 3.8) is 0 Å². The Morgan fingerprint density at radius 3 is 2.28 bits per heavy atom. The number of phenols is 1. The van der Waals surface area contributed by atoms with E-state index in [1.54, 1.807) is 41.3 Å². The lowest BCUT2D eigenvalue weighted by atomic mass is 9.92. The van der Waals surface area contributed by atoms with Gasteiger partial charge in [-0.2, -0.15) is 0 Å². The predicted molar refractivity (Wildman–Crippen MR) is 112 cm³/mol. The quantitative estimate of drug-likeness (QED) is 0.495. The molecule has 1 aliphatic heterocycles. The Bertz CT molecular complexity index is 979. The topological polar surface area (TPSA) is 63.6 Å². The average Bonchev–Trinajstić information content (AvgIpc) is 2.73. The van der Waals surface area contributed by atoms with Gasteiger partial charge in [-0.15, -0.1) is 0 Å². The summed E-state index contributed by atoms with van der Waals surface area (Å²) in [6.45, 7) is 0. The van der Waals surface area contributed by atoms with E-state index in [4.69, 9.17) is 0 Å². The number of phenolic OH excluding ortho intramolecular Hbond substituents is 1. The van der Waals surface area contributed by atoms with Crippen LogP contribution in [0, 0.1) is 5.82 Å². The van der Waals surface area contributed by atoms with E-state index < -0.39 is 22.5 Å². The van der Waals surface area contributed by atoms with Crippen molar-refractivity contribution < 1.29 is 18.8 Å². The Kier molecular flexibility index (Phi) is 5.56. The number of carbonyl (C=O) groups is 1. The molecular formula is C23H20FNO3S. The van der Waals surface area contributed by atoms with Crippen LogP contribution in [-0.4, -0.2) is 26.6 Å². The Morgan fingerprint density at radius 1 is 0.966 bits per heavy atom. The van der Waals surface area contributed by atoms with Crippen molar-refractivity contribution in [2.24, 2.45) is 0 Å². The summed E-state index contributed by atoms with van der Waals surface area (Å²) in [6.07, 6.45) is 0.621. The van der Waals surface area contributed by atoms with E-state index in [-0.39, 0.29) is 17.5 Å². The highest BCUT2D eigenvalue weighted by Crippen LogP contribution is 2.43. The summed E-state index contributed by atoms with van der Waals surface area (Å²) in [6, 6.07) is 21.6. The monoisotopic (exact) mass is 409 g/mol. The predicted octanol–water partition coefficient (Wildman–Crippen LogP) is 3.98. The maximum Gasteiger partial charge on any atom is 0.283 e. The van der Waals surface area contributed by atoms with Gasteiger partial charge in [-0.25, -0.2) is 4.39 Å². The summed E-state index contributed by atoms with van der Waals surface area (Å²) in [7, 11) is 0. The molecule has 4 nitrogen and oxygen atoms in total. The van der Waals surface area contributed by atoms with E-state index in [1.807, 2.05) is 30.3 Å². The third-order valence-corrected chi connectivity index (χ3v) is 6.74. The highest BCUT2D eigenvalue weighted by molar-refractivity contribution is 7.93. The molecule has 1 fully saturated rings. The molecule has 0 saturated carbocycles. The van der Waals surface area contributed by atoms with E-state index in [2.05, 4.69) is 0 Å². The molecule has 1 amide bonds. The van der Waals surface area contributed by atoms with Crippen LogP contribution in [0.25, 0.3) is 0 Å². The van der Waals surface area contributed by atoms with Crippen LogP contribution in [-0.2, 0) is 22.4 Å². The van der Waals surface area contributed by atoms with Crippen LogP contribution in [0.3, 0.4) is 0 Å². The minimum Gasteiger partial charge on any atom is -0.616 e. The van der Waals surface area contributed by atoms with Gasteiger partial charge in [0.05, 0.1) is 0 Å². The zero-order valence-corrected chi connectivity index (χ0v) is 16.4. The number of amides is 1. The van der Waals surface area contributed by atoms with Crippen LogP contribution in [0.1, 0.15) is 17.2 Å². The van der Waals surface area contributed by atoms with Crippen molar-refractivity contribution in [3.05, 3.63) is 95.8 Å². The van der Waals surface area contributed by atoms with Gasteiger partial charge >= 0.3 is 0 Å².